The third-order valence-corrected chi connectivity index (χ3v) is 7.04. The van der Waals surface area contributed by atoms with Crippen LogP contribution in [0.3, 0.4) is 0 Å². The number of nitrogens with one attached hydrogen (secondary N) is 1. The van der Waals surface area contributed by atoms with E-state index in [9.17, 15) is 4.79 Å². The summed E-state index contributed by atoms with van der Waals surface area (Å²) in [6.45, 7) is 6.66. The van der Waals surface area contributed by atoms with E-state index in [1.807, 2.05) is 12.3 Å². The monoisotopic (exact) mass is 440 g/mol. The number of hydrogen-bond donors (Lipinski definition) is 1. The maximum atomic E-state index is 10.8. The molecule has 1 aromatic heterocycles. The van der Waals surface area contributed by atoms with E-state index in [0.29, 0.717) is 18.3 Å². The first-order valence-electron chi connectivity index (χ1n) is 10.2. The van der Waals surface area contributed by atoms with Crippen LogP contribution < -0.4 is 5.32 Å². The van der Waals surface area contributed by atoms with E-state index in [2.05, 4.69) is 60.5 Å². The van der Waals surface area contributed by atoms with Crippen LogP contribution in [0.5, 0.6) is 0 Å². The summed E-state index contributed by atoms with van der Waals surface area (Å²) in [5.41, 5.74) is 4.49. The molecule has 1 aliphatic rings. The Labute approximate surface area is 186 Å². The van der Waals surface area contributed by atoms with Crippen LogP contribution >= 0.6 is 22.9 Å². The Hall–Kier alpha value is -2.21. The van der Waals surface area contributed by atoms with Gasteiger partial charge in [0.1, 0.15) is 11.1 Å². The van der Waals surface area contributed by atoms with Gasteiger partial charge in [-0.1, -0.05) is 61.8 Å². The molecule has 0 radical (unpaired) electrons. The Morgan fingerprint density at radius 2 is 1.93 bits per heavy atom. The first-order valence-corrected chi connectivity index (χ1v) is 11.4. The minimum absolute atomic E-state index is 0.0698. The van der Waals surface area contributed by atoms with Crippen LogP contribution in [0.25, 0.3) is 21.0 Å². The third-order valence-electron chi connectivity index (χ3n) is 5.62. The lowest BCUT2D eigenvalue weighted by molar-refractivity contribution is -0.137. The third kappa shape index (κ3) is 4.59. The standard InChI is InChI=1S/C24H25ClN2O2S/c1-15(2)20-8-7-18(10-21(20)25)23-13-27-24(30-23)17-5-3-16(4-6-17)9-22(29-14-28)19-11-26-12-19/h3-8,10,13-15,19,22,26H,9,11-12H2,1-2H3. The zero-order valence-electron chi connectivity index (χ0n) is 17.1. The fourth-order valence-corrected chi connectivity index (χ4v) is 4.99. The molecule has 1 saturated heterocycles. The van der Waals surface area contributed by atoms with Gasteiger partial charge in [-0.15, -0.1) is 11.3 Å². The zero-order valence-corrected chi connectivity index (χ0v) is 18.7. The Balaban J connectivity index is 1.48. The second-order valence-electron chi connectivity index (χ2n) is 8.01. The van der Waals surface area contributed by atoms with Gasteiger partial charge in [0.2, 0.25) is 0 Å². The Kier molecular flexibility index (Phi) is 6.52. The minimum atomic E-state index is -0.0698. The molecule has 3 aromatic rings. The number of hydrogen-bond acceptors (Lipinski definition) is 5. The van der Waals surface area contributed by atoms with Gasteiger partial charge in [-0.25, -0.2) is 4.98 Å². The molecule has 0 saturated carbocycles. The summed E-state index contributed by atoms with van der Waals surface area (Å²) in [6.07, 6.45) is 2.57. The predicted octanol–water partition coefficient (Wildman–Crippen LogP) is 5.56. The number of benzene rings is 2. The molecule has 4 rings (SSSR count). The molecule has 0 aliphatic carbocycles. The van der Waals surface area contributed by atoms with E-state index >= 15 is 0 Å². The lowest BCUT2D eigenvalue weighted by atomic mass is 9.91. The quantitative estimate of drug-likeness (QED) is 0.466. The molecular formula is C24H25ClN2O2S. The number of carbonyl (C=O) groups is 1. The molecular weight excluding hydrogens is 416 g/mol. The van der Waals surface area contributed by atoms with Gasteiger partial charge in [0.25, 0.3) is 6.47 Å². The Morgan fingerprint density at radius 1 is 1.20 bits per heavy atom. The second-order valence-corrected chi connectivity index (χ2v) is 9.45. The number of halogens is 1. The molecule has 0 amide bonds. The highest BCUT2D eigenvalue weighted by Crippen LogP contribution is 2.35. The Bertz CT molecular complexity index is 1010. The normalized spacial score (nSPS) is 15.1. The molecule has 4 nitrogen and oxygen atoms in total. The van der Waals surface area contributed by atoms with Gasteiger partial charge in [-0.05, 0) is 28.7 Å². The van der Waals surface area contributed by atoms with Crippen LogP contribution in [-0.4, -0.2) is 30.6 Å². The van der Waals surface area contributed by atoms with E-state index in [0.717, 1.165) is 56.7 Å². The number of aromatic nitrogens is 1. The van der Waals surface area contributed by atoms with Crippen LogP contribution in [0.1, 0.15) is 30.9 Å². The topological polar surface area (TPSA) is 51.2 Å². The van der Waals surface area contributed by atoms with Crippen molar-refractivity contribution in [3.8, 4) is 21.0 Å². The fraction of sp³-hybridized carbons (Fsp3) is 0.333. The molecule has 1 fully saturated rings. The lowest BCUT2D eigenvalue weighted by Crippen LogP contribution is -2.50. The average molecular weight is 441 g/mol. The van der Waals surface area contributed by atoms with E-state index in [1.54, 1.807) is 11.3 Å². The van der Waals surface area contributed by atoms with Gasteiger partial charge in [0.15, 0.2) is 0 Å². The van der Waals surface area contributed by atoms with Crippen molar-refractivity contribution in [2.45, 2.75) is 32.3 Å². The van der Waals surface area contributed by atoms with E-state index in [4.69, 9.17) is 16.3 Å². The number of thiazole rings is 1. The summed E-state index contributed by atoms with van der Waals surface area (Å²) in [4.78, 5) is 16.5. The zero-order chi connectivity index (χ0) is 21.1. The van der Waals surface area contributed by atoms with Crippen molar-refractivity contribution in [2.75, 3.05) is 13.1 Å². The molecule has 156 valence electrons. The predicted molar refractivity (Wildman–Crippen MR) is 123 cm³/mol. The SMILES string of the molecule is CC(C)c1ccc(-c2cnc(-c3ccc(CC(OC=O)C4CNC4)cc3)s2)cc1Cl. The van der Waals surface area contributed by atoms with Crippen molar-refractivity contribution >= 4 is 29.4 Å². The first kappa shape index (κ1) is 21.0. The van der Waals surface area contributed by atoms with Crippen molar-refractivity contribution in [3.05, 3.63) is 64.8 Å². The van der Waals surface area contributed by atoms with E-state index in [-0.39, 0.29) is 6.10 Å². The maximum Gasteiger partial charge on any atom is 0.293 e. The van der Waals surface area contributed by atoms with Gasteiger partial charge >= 0.3 is 0 Å². The minimum Gasteiger partial charge on any atom is -0.464 e. The molecule has 0 spiro atoms. The van der Waals surface area contributed by atoms with E-state index < -0.39 is 0 Å². The van der Waals surface area contributed by atoms with Gasteiger partial charge in [0.05, 0.1) is 4.88 Å². The molecule has 30 heavy (non-hydrogen) atoms. The van der Waals surface area contributed by atoms with Gasteiger partial charge < -0.3 is 10.1 Å². The van der Waals surface area contributed by atoms with Crippen LogP contribution in [0.4, 0.5) is 0 Å². The largest absolute Gasteiger partial charge is 0.464 e. The summed E-state index contributed by atoms with van der Waals surface area (Å²) in [5, 5.41) is 5.01. The highest BCUT2D eigenvalue weighted by atomic mass is 35.5. The number of rotatable bonds is 8. The molecule has 1 N–H and O–H groups in total. The smallest absolute Gasteiger partial charge is 0.293 e. The molecule has 1 atom stereocenters. The molecule has 6 heteroatoms. The molecule has 2 aromatic carbocycles. The van der Waals surface area contributed by atoms with E-state index in [1.165, 1.54) is 0 Å². The number of ether oxygens (including phenoxy) is 1. The summed E-state index contributed by atoms with van der Waals surface area (Å²) in [7, 11) is 0. The van der Waals surface area contributed by atoms with Crippen LogP contribution in [0, 0.1) is 5.92 Å². The van der Waals surface area contributed by atoms with Crippen molar-refractivity contribution in [2.24, 2.45) is 5.92 Å². The highest BCUT2D eigenvalue weighted by molar-refractivity contribution is 7.18. The van der Waals surface area contributed by atoms with Crippen molar-refractivity contribution in [3.63, 3.8) is 0 Å². The fourth-order valence-electron chi connectivity index (χ4n) is 3.68. The first-order chi connectivity index (χ1) is 14.5. The van der Waals surface area contributed by atoms with Crippen LogP contribution in [0.15, 0.2) is 48.7 Å². The maximum absolute atomic E-state index is 10.8. The average Bonchev–Trinajstić information content (AvgIpc) is 3.17. The van der Waals surface area contributed by atoms with Gasteiger partial charge in [0, 0.05) is 42.2 Å². The summed E-state index contributed by atoms with van der Waals surface area (Å²) >= 11 is 8.12. The summed E-state index contributed by atoms with van der Waals surface area (Å²) < 4.78 is 5.31. The second kappa shape index (κ2) is 9.29. The van der Waals surface area contributed by atoms with Crippen LogP contribution in [0.2, 0.25) is 5.02 Å². The molecule has 0 bridgehead atoms. The van der Waals surface area contributed by atoms with Gasteiger partial charge in [-0.3, -0.25) is 4.79 Å². The lowest BCUT2D eigenvalue weighted by Gasteiger charge is -2.33. The summed E-state index contributed by atoms with van der Waals surface area (Å²) in [6, 6.07) is 14.6. The molecule has 1 aliphatic heterocycles. The highest BCUT2D eigenvalue weighted by Gasteiger charge is 2.28. The van der Waals surface area contributed by atoms with Crippen LogP contribution in [-0.2, 0) is 16.0 Å². The van der Waals surface area contributed by atoms with Crippen molar-refractivity contribution < 1.29 is 9.53 Å². The van der Waals surface area contributed by atoms with Gasteiger partial charge in [-0.2, -0.15) is 0 Å². The molecule has 1 unspecified atom stereocenters. The molecule has 2 heterocycles. The van der Waals surface area contributed by atoms with Crippen molar-refractivity contribution in [1.29, 1.82) is 0 Å². The Morgan fingerprint density at radius 3 is 2.53 bits per heavy atom. The summed E-state index contributed by atoms with van der Waals surface area (Å²) in [5.74, 6) is 0.796. The van der Waals surface area contributed by atoms with Crippen molar-refractivity contribution in [1.82, 2.24) is 10.3 Å². The number of carbonyl (C=O) groups excluding carboxylic acids is 1. The number of nitrogens with zero attached hydrogens (tertiary/aromatic N) is 1.